The molecule has 1 nitrogen and oxygen atoms in total. The lowest BCUT2D eigenvalue weighted by Gasteiger charge is -2.19. The Bertz CT molecular complexity index is 566. The van der Waals surface area contributed by atoms with E-state index in [1.54, 1.807) is 0 Å². The van der Waals surface area contributed by atoms with Gasteiger partial charge < -0.3 is 5.32 Å². The number of aryl methyl sites for hydroxylation is 1. The molecule has 0 heterocycles. The van der Waals surface area contributed by atoms with Gasteiger partial charge in [-0.25, -0.2) is 0 Å². The Morgan fingerprint density at radius 1 is 1.11 bits per heavy atom. The summed E-state index contributed by atoms with van der Waals surface area (Å²) in [5.74, 6) is 0. The molecule has 0 aliphatic carbocycles. The van der Waals surface area contributed by atoms with Crippen LogP contribution in [0.3, 0.4) is 0 Å². The molecule has 0 amide bonds. The topological polar surface area (TPSA) is 12.0 Å². The maximum Gasteiger partial charge on any atom is 0.0496 e. The smallest absolute Gasteiger partial charge is 0.0496 e. The second-order valence-electron chi connectivity index (χ2n) is 4.54. The Balaban J connectivity index is 2.23. The monoisotopic (exact) mass is 381 g/mol. The molecule has 0 aliphatic rings. The summed E-state index contributed by atoms with van der Waals surface area (Å²) in [7, 11) is 0. The van der Waals surface area contributed by atoms with Crippen LogP contribution in [-0.4, -0.2) is 0 Å². The number of para-hydroxylation sites is 1. The van der Waals surface area contributed by atoms with Crippen molar-refractivity contribution in [3.8, 4) is 0 Å². The van der Waals surface area contributed by atoms with Crippen LogP contribution < -0.4 is 5.32 Å². The van der Waals surface area contributed by atoms with E-state index < -0.39 is 0 Å². The van der Waals surface area contributed by atoms with Gasteiger partial charge in [-0.05, 0) is 42.7 Å². The van der Waals surface area contributed by atoms with Crippen molar-refractivity contribution in [2.24, 2.45) is 0 Å². The van der Waals surface area contributed by atoms with Crippen LogP contribution in [0.4, 0.5) is 5.69 Å². The summed E-state index contributed by atoms with van der Waals surface area (Å²) in [6.07, 6.45) is 1.04. The number of halogens is 2. The van der Waals surface area contributed by atoms with Crippen molar-refractivity contribution in [1.82, 2.24) is 0 Å². The second kappa shape index (κ2) is 6.58. The van der Waals surface area contributed by atoms with E-state index in [9.17, 15) is 0 Å². The Morgan fingerprint density at radius 3 is 2.53 bits per heavy atom. The zero-order valence-electron chi connectivity index (χ0n) is 11.1. The Hall–Kier alpha value is -0.800. The fourth-order valence-corrected chi connectivity index (χ4v) is 3.52. The number of nitrogens with one attached hydrogen (secondary N) is 1. The highest BCUT2D eigenvalue weighted by Crippen LogP contribution is 2.29. The van der Waals surface area contributed by atoms with Gasteiger partial charge in [0, 0.05) is 20.7 Å². The maximum atomic E-state index is 3.63. The van der Waals surface area contributed by atoms with Crippen LogP contribution in [0.25, 0.3) is 0 Å². The molecule has 3 heteroatoms. The van der Waals surface area contributed by atoms with Crippen molar-refractivity contribution in [3.05, 3.63) is 62.5 Å². The van der Waals surface area contributed by atoms with Crippen LogP contribution in [0, 0.1) is 0 Å². The van der Waals surface area contributed by atoms with Crippen LogP contribution in [0.2, 0.25) is 0 Å². The van der Waals surface area contributed by atoms with Crippen LogP contribution in [0.15, 0.2) is 51.4 Å². The lowest BCUT2D eigenvalue weighted by molar-refractivity contribution is 0.873. The van der Waals surface area contributed by atoms with E-state index in [0.29, 0.717) is 0 Å². The second-order valence-corrected chi connectivity index (χ2v) is 6.31. The molecule has 0 aromatic heterocycles. The maximum absolute atomic E-state index is 3.63. The van der Waals surface area contributed by atoms with Gasteiger partial charge in [-0.15, -0.1) is 0 Å². The third kappa shape index (κ3) is 3.61. The van der Waals surface area contributed by atoms with Crippen LogP contribution in [-0.2, 0) is 6.42 Å². The van der Waals surface area contributed by atoms with E-state index in [2.05, 4.69) is 93.5 Å². The lowest BCUT2D eigenvalue weighted by Crippen LogP contribution is -2.08. The molecule has 0 saturated heterocycles. The summed E-state index contributed by atoms with van der Waals surface area (Å²) in [4.78, 5) is 0. The summed E-state index contributed by atoms with van der Waals surface area (Å²) in [5, 5.41) is 3.59. The minimum Gasteiger partial charge on any atom is -0.378 e. The molecule has 1 unspecified atom stereocenters. The predicted molar refractivity (Wildman–Crippen MR) is 89.7 cm³/mol. The van der Waals surface area contributed by atoms with E-state index in [1.165, 1.54) is 16.8 Å². The van der Waals surface area contributed by atoms with Crippen molar-refractivity contribution in [2.75, 3.05) is 5.32 Å². The van der Waals surface area contributed by atoms with Gasteiger partial charge in [0.25, 0.3) is 0 Å². The average Bonchev–Trinajstić information content (AvgIpc) is 2.39. The Kier molecular flexibility index (Phi) is 5.06. The highest BCUT2D eigenvalue weighted by molar-refractivity contribution is 9.11. The molecule has 19 heavy (non-hydrogen) atoms. The number of anilines is 1. The fourth-order valence-electron chi connectivity index (χ4n) is 2.13. The quantitative estimate of drug-likeness (QED) is 0.689. The molecule has 2 aromatic carbocycles. The fraction of sp³-hybridized carbons (Fsp3) is 0.250. The van der Waals surface area contributed by atoms with Crippen molar-refractivity contribution in [2.45, 2.75) is 26.3 Å². The highest BCUT2D eigenvalue weighted by Gasteiger charge is 2.10. The third-order valence-corrected chi connectivity index (χ3v) is 4.38. The summed E-state index contributed by atoms with van der Waals surface area (Å²) in [6.45, 7) is 4.36. The van der Waals surface area contributed by atoms with Gasteiger partial charge in [-0.3, -0.25) is 0 Å². The molecular weight excluding hydrogens is 366 g/mol. The minimum absolute atomic E-state index is 0.259. The Morgan fingerprint density at radius 2 is 1.84 bits per heavy atom. The first kappa shape index (κ1) is 14.6. The van der Waals surface area contributed by atoms with Crippen molar-refractivity contribution >= 4 is 37.5 Å². The van der Waals surface area contributed by atoms with Crippen molar-refractivity contribution in [3.63, 3.8) is 0 Å². The zero-order valence-corrected chi connectivity index (χ0v) is 14.3. The van der Waals surface area contributed by atoms with Crippen molar-refractivity contribution in [1.29, 1.82) is 0 Å². The van der Waals surface area contributed by atoms with E-state index in [1.807, 2.05) is 0 Å². The number of hydrogen-bond acceptors (Lipinski definition) is 1. The standard InChI is InChI=1S/C16H17Br2N/c1-3-12-6-4-5-7-16(12)19-11(2)14-9-8-13(17)10-15(14)18/h4-11,19H,3H2,1-2H3. The minimum atomic E-state index is 0.259. The van der Waals surface area contributed by atoms with Gasteiger partial charge in [-0.1, -0.05) is 63.0 Å². The molecule has 2 rings (SSSR count). The molecule has 100 valence electrons. The molecule has 0 bridgehead atoms. The first-order valence-electron chi connectivity index (χ1n) is 6.41. The molecule has 1 atom stereocenters. The molecule has 0 fully saturated rings. The number of benzene rings is 2. The van der Waals surface area contributed by atoms with Gasteiger partial charge in [0.2, 0.25) is 0 Å². The van der Waals surface area contributed by atoms with Crippen LogP contribution in [0.1, 0.15) is 31.0 Å². The molecule has 1 N–H and O–H groups in total. The van der Waals surface area contributed by atoms with Crippen molar-refractivity contribution < 1.29 is 0 Å². The summed E-state index contributed by atoms with van der Waals surface area (Å²) < 4.78 is 2.21. The van der Waals surface area contributed by atoms with E-state index >= 15 is 0 Å². The van der Waals surface area contributed by atoms with Gasteiger partial charge in [0.05, 0.1) is 0 Å². The van der Waals surface area contributed by atoms with Gasteiger partial charge in [0.15, 0.2) is 0 Å². The first-order chi connectivity index (χ1) is 9.11. The Labute approximate surface area is 131 Å². The molecule has 0 saturated carbocycles. The average molecular weight is 383 g/mol. The molecular formula is C16H17Br2N. The van der Waals surface area contributed by atoms with Gasteiger partial charge >= 0.3 is 0 Å². The summed E-state index contributed by atoms with van der Waals surface area (Å²) >= 11 is 7.11. The van der Waals surface area contributed by atoms with Gasteiger partial charge in [0.1, 0.15) is 0 Å². The number of hydrogen-bond donors (Lipinski definition) is 1. The van der Waals surface area contributed by atoms with E-state index in [4.69, 9.17) is 0 Å². The molecule has 2 aromatic rings. The summed E-state index contributed by atoms with van der Waals surface area (Å²) in [5.41, 5.74) is 3.82. The summed E-state index contributed by atoms with van der Waals surface area (Å²) in [6, 6.07) is 15.0. The molecule has 0 aliphatic heterocycles. The van der Waals surface area contributed by atoms with E-state index in [0.717, 1.165) is 15.4 Å². The third-order valence-electron chi connectivity index (χ3n) is 3.20. The first-order valence-corrected chi connectivity index (χ1v) is 7.99. The molecule has 0 radical (unpaired) electrons. The SMILES string of the molecule is CCc1ccccc1NC(C)c1ccc(Br)cc1Br. The highest BCUT2D eigenvalue weighted by atomic mass is 79.9. The van der Waals surface area contributed by atoms with Crippen LogP contribution >= 0.6 is 31.9 Å². The lowest BCUT2D eigenvalue weighted by atomic mass is 10.1. The predicted octanol–water partition coefficient (Wildman–Crippen LogP) is 5.95. The van der Waals surface area contributed by atoms with Gasteiger partial charge in [-0.2, -0.15) is 0 Å². The normalized spacial score (nSPS) is 12.2. The largest absolute Gasteiger partial charge is 0.378 e. The number of rotatable bonds is 4. The molecule has 0 spiro atoms. The zero-order chi connectivity index (χ0) is 13.8. The van der Waals surface area contributed by atoms with Crippen LogP contribution in [0.5, 0.6) is 0 Å². The van der Waals surface area contributed by atoms with E-state index in [-0.39, 0.29) is 6.04 Å².